The van der Waals surface area contributed by atoms with Crippen molar-refractivity contribution in [1.82, 2.24) is 30.0 Å². The quantitative estimate of drug-likeness (QED) is 0.786. The predicted molar refractivity (Wildman–Crippen MR) is 82.5 cm³/mol. The number of halogens is 1. The summed E-state index contributed by atoms with van der Waals surface area (Å²) < 4.78 is 7.31. The molecule has 8 nitrogen and oxygen atoms in total. The van der Waals surface area contributed by atoms with Crippen LogP contribution in [0.5, 0.6) is 0 Å². The number of hydrogen-bond donors (Lipinski definition) is 1. The molecule has 0 saturated heterocycles. The Labute approximate surface area is 136 Å². The van der Waals surface area contributed by atoms with Gasteiger partial charge in [-0.15, -0.1) is 0 Å². The minimum Gasteiger partial charge on any atom is -0.450 e. The average molecular weight is 369 g/mol. The highest BCUT2D eigenvalue weighted by atomic mass is 79.9. The van der Waals surface area contributed by atoms with Crippen molar-refractivity contribution >= 4 is 22.0 Å². The maximum absolute atomic E-state index is 11.7. The molecule has 1 atom stereocenters. The van der Waals surface area contributed by atoms with Gasteiger partial charge >= 0.3 is 6.09 Å². The molecule has 0 spiro atoms. The van der Waals surface area contributed by atoms with E-state index >= 15 is 0 Å². The van der Waals surface area contributed by atoms with E-state index in [0.29, 0.717) is 18.4 Å². The Morgan fingerprint density at radius 2 is 2.14 bits per heavy atom. The van der Waals surface area contributed by atoms with Crippen LogP contribution in [0.2, 0.25) is 0 Å². The summed E-state index contributed by atoms with van der Waals surface area (Å²) in [7, 11) is 0. The van der Waals surface area contributed by atoms with Crippen LogP contribution in [-0.4, -0.2) is 37.4 Å². The molecule has 0 saturated carbocycles. The summed E-state index contributed by atoms with van der Waals surface area (Å²) in [5.74, 6) is 0.901. The second-order valence-corrected chi connectivity index (χ2v) is 5.50. The number of ether oxygens (including phenoxy) is 1. The van der Waals surface area contributed by atoms with E-state index in [1.165, 1.54) is 11.0 Å². The number of hydrogen-bond acceptors (Lipinski definition) is 6. The first-order chi connectivity index (χ1) is 10.6. The summed E-state index contributed by atoms with van der Waals surface area (Å²) in [5, 5.41) is 6.81. The molecule has 9 heteroatoms. The van der Waals surface area contributed by atoms with Crippen LogP contribution in [0.3, 0.4) is 0 Å². The van der Waals surface area contributed by atoms with Crippen LogP contribution in [-0.2, 0) is 4.74 Å². The molecule has 0 aliphatic carbocycles. The normalized spacial score (nSPS) is 12.0. The highest BCUT2D eigenvalue weighted by Gasteiger charge is 2.18. The summed E-state index contributed by atoms with van der Waals surface area (Å²) in [6.45, 7) is 4.22. The van der Waals surface area contributed by atoms with Crippen molar-refractivity contribution in [2.45, 2.75) is 32.7 Å². The number of amides is 1. The molecule has 0 fully saturated rings. The molecule has 2 rings (SSSR count). The van der Waals surface area contributed by atoms with E-state index in [2.05, 4.69) is 41.3 Å². The van der Waals surface area contributed by atoms with Crippen LogP contribution >= 0.6 is 15.9 Å². The molecule has 0 unspecified atom stereocenters. The number of rotatable bonds is 6. The van der Waals surface area contributed by atoms with Crippen LogP contribution in [0, 0.1) is 0 Å². The lowest BCUT2D eigenvalue weighted by Gasteiger charge is -2.13. The maximum Gasteiger partial charge on any atom is 0.407 e. The molecular formula is C13H17BrN6O2. The van der Waals surface area contributed by atoms with Gasteiger partial charge in [-0.3, -0.25) is 0 Å². The molecular weight excluding hydrogens is 352 g/mol. The Kier molecular flexibility index (Phi) is 5.82. The van der Waals surface area contributed by atoms with Crippen LogP contribution in [0.15, 0.2) is 23.2 Å². The second kappa shape index (κ2) is 7.83. The Morgan fingerprint density at radius 1 is 1.41 bits per heavy atom. The van der Waals surface area contributed by atoms with E-state index in [0.717, 1.165) is 17.3 Å². The zero-order chi connectivity index (χ0) is 15.9. The van der Waals surface area contributed by atoms with Gasteiger partial charge in [0.05, 0.1) is 17.1 Å². The van der Waals surface area contributed by atoms with Crippen LogP contribution in [0.4, 0.5) is 4.79 Å². The molecule has 118 valence electrons. The van der Waals surface area contributed by atoms with Gasteiger partial charge in [-0.2, -0.15) is 9.78 Å². The number of carbonyl (C=O) groups excluding carboxylic acids is 1. The summed E-state index contributed by atoms with van der Waals surface area (Å²) in [5.41, 5.74) is 0. The fourth-order valence-corrected chi connectivity index (χ4v) is 1.91. The van der Waals surface area contributed by atoms with Crippen LogP contribution in [0.25, 0.3) is 5.95 Å². The highest BCUT2D eigenvalue weighted by Crippen LogP contribution is 2.13. The van der Waals surface area contributed by atoms with Crippen molar-refractivity contribution in [1.29, 1.82) is 0 Å². The number of unbranched alkanes of at least 4 members (excludes halogenated alkanes) is 1. The average Bonchev–Trinajstić information content (AvgIpc) is 2.98. The van der Waals surface area contributed by atoms with E-state index in [-0.39, 0.29) is 6.04 Å². The smallest absolute Gasteiger partial charge is 0.407 e. The first-order valence-corrected chi connectivity index (χ1v) is 7.72. The van der Waals surface area contributed by atoms with Gasteiger partial charge in [0, 0.05) is 12.4 Å². The molecule has 2 aromatic rings. The molecule has 0 aromatic carbocycles. The largest absolute Gasteiger partial charge is 0.450 e. The Hall–Kier alpha value is -2.03. The van der Waals surface area contributed by atoms with E-state index in [1.807, 2.05) is 6.92 Å². The molecule has 1 N–H and O–H groups in total. The summed E-state index contributed by atoms with van der Waals surface area (Å²) in [4.78, 5) is 24.2. The molecule has 0 aliphatic heterocycles. The van der Waals surface area contributed by atoms with Gasteiger partial charge in [-0.25, -0.2) is 19.7 Å². The van der Waals surface area contributed by atoms with Gasteiger partial charge in [-0.05, 0) is 29.3 Å². The highest BCUT2D eigenvalue weighted by molar-refractivity contribution is 9.10. The molecule has 0 bridgehead atoms. The van der Waals surface area contributed by atoms with Crippen molar-refractivity contribution in [3.8, 4) is 5.95 Å². The minimum absolute atomic E-state index is 0.378. The Bertz CT molecular complexity index is 615. The van der Waals surface area contributed by atoms with Crippen LogP contribution in [0.1, 0.15) is 38.6 Å². The maximum atomic E-state index is 11.7. The predicted octanol–water partition coefficient (Wildman–Crippen LogP) is 2.41. The monoisotopic (exact) mass is 368 g/mol. The topological polar surface area (TPSA) is 94.8 Å². The fraction of sp³-hybridized carbons (Fsp3) is 0.462. The van der Waals surface area contributed by atoms with Gasteiger partial charge < -0.3 is 10.1 Å². The standard InChI is InChI=1S/C13H17BrN6O2/c1-3-4-5-22-13(21)19-9(2)11-17-8-18-20(11)12-15-6-10(14)7-16-12/h6-9H,3-5H2,1-2H3,(H,19,21)/t9-/m0/s1. The van der Waals surface area contributed by atoms with Crippen molar-refractivity contribution in [2.75, 3.05) is 6.61 Å². The van der Waals surface area contributed by atoms with Crippen molar-refractivity contribution in [2.24, 2.45) is 0 Å². The van der Waals surface area contributed by atoms with E-state index in [1.54, 1.807) is 19.3 Å². The lowest BCUT2D eigenvalue weighted by atomic mass is 10.3. The Balaban J connectivity index is 2.05. The number of nitrogens with one attached hydrogen (secondary N) is 1. The lowest BCUT2D eigenvalue weighted by Crippen LogP contribution is -2.29. The molecule has 22 heavy (non-hydrogen) atoms. The van der Waals surface area contributed by atoms with Crippen molar-refractivity contribution in [3.63, 3.8) is 0 Å². The Morgan fingerprint density at radius 3 is 2.82 bits per heavy atom. The fourth-order valence-electron chi connectivity index (χ4n) is 1.71. The number of carbonyl (C=O) groups is 1. The SMILES string of the molecule is CCCCOC(=O)N[C@@H](C)c1ncnn1-c1ncc(Br)cn1. The zero-order valence-corrected chi connectivity index (χ0v) is 13.9. The first kappa shape index (κ1) is 16.3. The van der Waals surface area contributed by atoms with Gasteiger partial charge in [0.25, 0.3) is 5.95 Å². The second-order valence-electron chi connectivity index (χ2n) is 4.59. The summed E-state index contributed by atoms with van der Waals surface area (Å²) in [6, 6.07) is -0.385. The molecule has 1 amide bonds. The van der Waals surface area contributed by atoms with Crippen molar-refractivity contribution in [3.05, 3.63) is 29.0 Å². The third-order valence-corrected chi connectivity index (χ3v) is 3.23. The molecule has 2 heterocycles. The number of alkyl carbamates (subject to hydrolysis) is 1. The third kappa shape index (κ3) is 4.23. The number of aromatic nitrogens is 5. The lowest BCUT2D eigenvalue weighted by molar-refractivity contribution is 0.141. The molecule has 0 radical (unpaired) electrons. The van der Waals surface area contributed by atoms with Gasteiger partial charge in [-0.1, -0.05) is 13.3 Å². The van der Waals surface area contributed by atoms with Gasteiger partial charge in [0.15, 0.2) is 5.82 Å². The van der Waals surface area contributed by atoms with E-state index in [4.69, 9.17) is 4.74 Å². The summed E-state index contributed by atoms with van der Waals surface area (Å²) in [6.07, 6.45) is 5.95. The molecule has 2 aromatic heterocycles. The summed E-state index contributed by atoms with van der Waals surface area (Å²) >= 11 is 3.28. The van der Waals surface area contributed by atoms with Gasteiger partial charge in [0.2, 0.25) is 0 Å². The van der Waals surface area contributed by atoms with E-state index in [9.17, 15) is 4.79 Å². The van der Waals surface area contributed by atoms with Crippen molar-refractivity contribution < 1.29 is 9.53 Å². The van der Waals surface area contributed by atoms with Crippen LogP contribution < -0.4 is 5.32 Å². The third-order valence-electron chi connectivity index (χ3n) is 2.82. The van der Waals surface area contributed by atoms with Gasteiger partial charge in [0.1, 0.15) is 6.33 Å². The number of nitrogens with zero attached hydrogens (tertiary/aromatic N) is 5. The minimum atomic E-state index is -0.479. The zero-order valence-electron chi connectivity index (χ0n) is 12.4. The van der Waals surface area contributed by atoms with E-state index < -0.39 is 6.09 Å². The first-order valence-electron chi connectivity index (χ1n) is 6.93. The molecule has 0 aliphatic rings.